The van der Waals surface area contributed by atoms with Gasteiger partial charge in [-0.2, -0.15) is 0 Å². The zero-order valence-corrected chi connectivity index (χ0v) is 10.5. The summed E-state index contributed by atoms with van der Waals surface area (Å²) in [5.41, 5.74) is -0.115. The molecule has 0 saturated heterocycles. The van der Waals surface area contributed by atoms with Crippen LogP contribution in [0.1, 0.15) is 0 Å². The molecule has 0 aliphatic rings. The normalized spacial score (nSPS) is 11.1. The van der Waals surface area contributed by atoms with E-state index in [9.17, 15) is 9.59 Å². The number of nitrogens with one attached hydrogen (secondary N) is 2. The van der Waals surface area contributed by atoms with Crippen molar-refractivity contribution in [1.82, 2.24) is 4.90 Å². The van der Waals surface area contributed by atoms with Crippen molar-refractivity contribution in [1.29, 1.82) is 0 Å². The Balaban J connectivity index is 2.51. The maximum atomic E-state index is 11.3. The molecule has 0 aliphatic heterocycles. The van der Waals surface area contributed by atoms with Crippen LogP contribution < -0.4 is 21.5 Å². The molecule has 6 nitrogen and oxygen atoms in total. The summed E-state index contributed by atoms with van der Waals surface area (Å²) in [5.74, 6) is 0. The number of ether oxygens (including phenoxy) is 1. The molecule has 0 fully saturated rings. The number of methoxy groups -OCH3 is 1. The van der Waals surface area contributed by atoms with Crippen molar-refractivity contribution in [3.8, 4) is 0 Å². The molecule has 0 heterocycles. The lowest BCUT2D eigenvalue weighted by Gasteiger charge is -2.16. The lowest BCUT2D eigenvalue weighted by molar-refractivity contribution is 0.210. The predicted molar refractivity (Wildman–Crippen MR) is 68.8 cm³/mol. The molecular formula is C11H19N3O3. The molecule has 0 spiro atoms. The quantitative estimate of drug-likeness (QED) is 0.464. The number of hydrogen-bond donors (Lipinski definition) is 2. The van der Waals surface area contributed by atoms with E-state index in [-0.39, 0.29) is 0 Å². The molecule has 1 rings (SSSR count). The lowest BCUT2D eigenvalue weighted by Crippen LogP contribution is -2.39. The maximum absolute atomic E-state index is 11.3. The van der Waals surface area contributed by atoms with Crippen LogP contribution in [-0.2, 0) is 4.74 Å². The summed E-state index contributed by atoms with van der Waals surface area (Å²) in [6.45, 7) is 2.45. The van der Waals surface area contributed by atoms with Gasteiger partial charge in [-0.25, -0.2) is 0 Å². The Morgan fingerprint density at radius 1 is 1.06 bits per heavy atom. The fraction of sp³-hybridized carbons (Fsp3) is 0.636. The third kappa shape index (κ3) is 3.54. The second-order valence-corrected chi connectivity index (χ2v) is 4.06. The number of nitrogens with zero attached hydrogens (tertiary/aromatic N) is 1. The summed E-state index contributed by atoms with van der Waals surface area (Å²) in [6, 6.07) is 0. The average Bonchev–Trinajstić information content (AvgIpc) is 2.30. The van der Waals surface area contributed by atoms with Crippen LogP contribution in [0.2, 0.25) is 0 Å². The highest BCUT2D eigenvalue weighted by atomic mass is 16.5. The molecule has 0 aromatic heterocycles. The summed E-state index contributed by atoms with van der Waals surface area (Å²) in [5, 5.41) is 5.87. The molecule has 1 aromatic carbocycles. The van der Waals surface area contributed by atoms with Gasteiger partial charge in [-0.05, 0) is 14.1 Å². The fourth-order valence-corrected chi connectivity index (χ4v) is 1.41. The van der Waals surface area contributed by atoms with E-state index in [1.54, 1.807) is 7.11 Å². The van der Waals surface area contributed by atoms with Crippen molar-refractivity contribution in [2.75, 3.05) is 58.1 Å². The standard InChI is InChI=1S/C11H19N3O3/c1-14(2)6-4-12-8-9(11(16)10(8)15)13-5-7-17-3/h12-13H,4-7H2,1-3H3. The van der Waals surface area contributed by atoms with Crippen molar-refractivity contribution in [3.63, 3.8) is 0 Å². The third-order valence-electron chi connectivity index (χ3n) is 2.38. The summed E-state index contributed by atoms with van der Waals surface area (Å²) < 4.78 is 4.86. The molecule has 0 aliphatic carbocycles. The Bertz CT molecular complexity index is 422. The molecule has 17 heavy (non-hydrogen) atoms. The topological polar surface area (TPSA) is 70.7 Å². The molecule has 0 bridgehead atoms. The van der Waals surface area contributed by atoms with Gasteiger partial charge in [-0.1, -0.05) is 0 Å². The molecule has 6 heteroatoms. The highest BCUT2D eigenvalue weighted by Gasteiger charge is 2.19. The Morgan fingerprint density at radius 3 is 2.06 bits per heavy atom. The average molecular weight is 241 g/mol. The minimum atomic E-state index is -0.451. The molecular weight excluding hydrogens is 222 g/mol. The first-order valence-electron chi connectivity index (χ1n) is 5.52. The van der Waals surface area contributed by atoms with Crippen molar-refractivity contribution >= 4 is 11.4 Å². The highest BCUT2D eigenvalue weighted by Crippen LogP contribution is 2.13. The number of rotatable bonds is 8. The van der Waals surface area contributed by atoms with Gasteiger partial charge in [0.15, 0.2) is 0 Å². The first-order valence-corrected chi connectivity index (χ1v) is 5.52. The van der Waals surface area contributed by atoms with E-state index >= 15 is 0 Å². The second-order valence-electron chi connectivity index (χ2n) is 4.06. The van der Waals surface area contributed by atoms with Crippen LogP contribution >= 0.6 is 0 Å². The van der Waals surface area contributed by atoms with Gasteiger partial charge in [-0.15, -0.1) is 0 Å². The van der Waals surface area contributed by atoms with E-state index in [1.165, 1.54) is 0 Å². The smallest absolute Gasteiger partial charge is 0.253 e. The van der Waals surface area contributed by atoms with Gasteiger partial charge in [0, 0.05) is 26.7 Å². The van der Waals surface area contributed by atoms with Gasteiger partial charge in [0.1, 0.15) is 11.4 Å². The van der Waals surface area contributed by atoms with Crippen LogP contribution in [0.4, 0.5) is 11.4 Å². The maximum Gasteiger partial charge on any atom is 0.253 e. The largest absolute Gasteiger partial charge is 0.383 e. The van der Waals surface area contributed by atoms with Crippen LogP contribution in [0.25, 0.3) is 0 Å². The summed E-state index contributed by atoms with van der Waals surface area (Å²) in [6.07, 6.45) is 0. The molecule has 96 valence electrons. The molecule has 0 radical (unpaired) electrons. The SMILES string of the molecule is COCCNc1c(NCCN(C)C)c(=O)c1=O. The van der Waals surface area contributed by atoms with Crippen LogP contribution in [0.5, 0.6) is 0 Å². The Hall–Kier alpha value is -1.40. The van der Waals surface area contributed by atoms with Crippen molar-refractivity contribution in [2.45, 2.75) is 0 Å². The Labute approximate surface area is 100 Å². The number of likely N-dealkylation sites (N-methyl/N-ethyl adjacent to an activating group) is 1. The first-order chi connectivity index (χ1) is 8.07. The molecule has 0 saturated carbocycles. The predicted octanol–water partition coefficient (Wildman–Crippen LogP) is -0.686. The van der Waals surface area contributed by atoms with Crippen LogP contribution in [0, 0.1) is 0 Å². The minimum absolute atomic E-state index is 0.380. The van der Waals surface area contributed by atoms with Gasteiger partial charge in [0.05, 0.1) is 6.61 Å². The van der Waals surface area contributed by atoms with Crippen LogP contribution in [0.15, 0.2) is 9.59 Å². The van der Waals surface area contributed by atoms with E-state index in [0.29, 0.717) is 31.1 Å². The zero-order valence-electron chi connectivity index (χ0n) is 10.5. The van der Waals surface area contributed by atoms with Gasteiger partial charge in [0.25, 0.3) is 10.9 Å². The fourth-order valence-electron chi connectivity index (χ4n) is 1.41. The zero-order chi connectivity index (χ0) is 12.8. The molecule has 1 aromatic rings. The lowest BCUT2D eigenvalue weighted by atomic mass is 10.2. The number of hydrogen-bond acceptors (Lipinski definition) is 6. The summed E-state index contributed by atoms with van der Waals surface area (Å²) in [4.78, 5) is 24.6. The van der Waals surface area contributed by atoms with Crippen LogP contribution in [-0.4, -0.2) is 52.3 Å². The number of anilines is 2. The molecule has 2 N–H and O–H groups in total. The minimum Gasteiger partial charge on any atom is -0.383 e. The summed E-state index contributed by atoms with van der Waals surface area (Å²) in [7, 11) is 5.48. The van der Waals surface area contributed by atoms with Crippen molar-refractivity contribution in [3.05, 3.63) is 20.4 Å². The Morgan fingerprint density at radius 2 is 1.59 bits per heavy atom. The van der Waals surface area contributed by atoms with E-state index in [4.69, 9.17) is 4.74 Å². The first kappa shape index (κ1) is 13.7. The molecule has 0 atom stereocenters. The highest BCUT2D eigenvalue weighted by molar-refractivity contribution is 5.73. The van der Waals surface area contributed by atoms with Gasteiger partial charge < -0.3 is 20.3 Å². The van der Waals surface area contributed by atoms with Gasteiger partial charge in [-0.3, -0.25) is 9.59 Å². The van der Waals surface area contributed by atoms with Gasteiger partial charge >= 0.3 is 0 Å². The van der Waals surface area contributed by atoms with Crippen molar-refractivity contribution in [2.24, 2.45) is 0 Å². The van der Waals surface area contributed by atoms with E-state index < -0.39 is 10.9 Å². The Kier molecular flexibility index (Phi) is 5.11. The van der Waals surface area contributed by atoms with Crippen LogP contribution in [0.3, 0.4) is 0 Å². The van der Waals surface area contributed by atoms with Crippen molar-refractivity contribution < 1.29 is 4.74 Å². The monoisotopic (exact) mass is 241 g/mol. The molecule has 0 amide bonds. The second kappa shape index (κ2) is 6.36. The van der Waals surface area contributed by atoms with Gasteiger partial charge in [0.2, 0.25) is 0 Å². The molecule has 0 unspecified atom stereocenters. The van der Waals surface area contributed by atoms with E-state index in [1.807, 2.05) is 19.0 Å². The summed E-state index contributed by atoms with van der Waals surface area (Å²) >= 11 is 0. The van der Waals surface area contributed by atoms with E-state index in [0.717, 1.165) is 6.54 Å². The van der Waals surface area contributed by atoms with E-state index in [2.05, 4.69) is 10.6 Å². The third-order valence-corrected chi connectivity index (χ3v) is 2.38.